The second-order valence-electron chi connectivity index (χ2n) is 23.1. The van der Waals surface area contributed by atoms with Crippen molar-refractivity contribution in [3.63, 3.8) is 0 Å². The lowest BCUT2D eigenvalue weighted by molar-refractivity contribution is -0.143. The van der Waals surface area contributed by atoms with E-state index in [4.69, 9.17) is 4.74 Å². The Bertz CT molecular complexity index is 1150. The van der Waals surface area contributed by atoms with E-state index in [1.807, 2.05) is 0 Å². The highest BCUT2D eigenvalue weighted by Gasteiger charge is 2.20. The summed E-state index contributed by atoms with van der Waals surface area (Å²) in [7, 11) is 0. The lowest BCUT2D eigenvalue weighted by Gasteiger charge is -2.22. The molecule has 0 spiro atoms. The fourth-order valence-corrected chi connectivity index (χ4v) is 10.6. The van der Waals surface area contributed by atoms with Crippen molar-refractivity contribution < 1.29 is 24.5 Å². The molecule has 0 saturated carbocycles. The molecule has 74 heavy (non-hydrogen) atoms. The number of carbonyl (C=O) groups is 2. The van der Waals surface area contributed by atoms with Gasteiger partial charge in [-0.1, -0.05) is 308 Å². The number of aliphatic hydroxyl groups excluding tert-OH is 2. The third-order valence-corrected chi connectivity index (χ3v) is 15.7. The average molecular weight is 1040 g/mol. The van der Waals surface area contributed by atoms with Gasteiger partial charge in [-0.15, -0.1) is 0 Å². The van der Waals surface area contributed by atoms with Crippen LogP contribution in [0, 0.1) is 0 Å². The van der Waals surface area contributed by atoms with Crippen LogP contribution in [-0.2, 0) is 14.3 Å². The van der Waals surface area contributed by atoms with E-state index in [1.54, 1.807) is 0 Å². The number of carbonyl (C=O) groups excluding carboxylic acids is 2. The van der Waals surface area contributed by atoms with Crippen LogP contribution >= 0.6 is 0 Å². The SMILES string of the molecule is CCCCCCCCC/C=C\CCCCCCCCCC(=O)OCCCCCCCCCC/C=C\CCCCCCCCCC(=O)NC(CO)C(O)CCCCCCCCCCCCCCCCCCCCCC. The molecule has 2 atom stereocenters. The first kappa shape index (κ1) is 72.3. The number of hydrogen-bond donors (Lipinski definition) is 3. The minimum absolute atomic E-state index is 0.00196. The van der Waals surface area contributed by atoms with Gasteiger partial charge >= 0.3 is 5.97 Å². The van der Waals surface area contributed by atoms with E-state index in [-0.39, 0.29) is 18.5 Å². The summed E-state index contributed by atoms with van der Waals surface area (Å²) >= 11 is 0. The molecular weight excluding hydrogens is 911 g/mol. The van der Waals surface area contributed by atoms with Crippen LogP contribution in [0.5, 0.6) is 0 Å². The molecule has 0 aromatic rings. The zero-order chi connectivity index (χ0) is 53.6. The standard InChI is InChI=1S/C68H131NO5/c1-3-5-7-9-11-13-15-17-19-21-23-25-28-32-36-40-44-48-52-56-60-66(71)65(64-70)69-67(72)61-57-53-49-45-41-37-33-29-26-24-27-31-35-39-43-47-51-55-59-63-74-68(73)62-58-54-50-46-42-38-34-30-22-20-18-16-14-12-10-8-6-4-2/h20,22,24,26,65-66,70-71H,3-19,21,23,25,27-64H2,1-2H3,(H,69,72)/b22-20-,26-24-. The van der Waals surface area contributed by atoms with Gasteiger partial charge in [-0.2, -0.15) is 0 Å². The largest absolute Gasteiger partial charge is 0.466 e. The molecular formula is C68H131NO5. The Morgan fingerprint density at radius 3 is 0.959 bits per heavy atom. The van der Waals surface area contributed by atoms with Crippen molar-refractivity contribution in [3.05, 3.63) is 24.3 Å². The Morgan fingerprint density at radius 1 is 0.365 bits per heavy atom. The van der Waals surface area contributed by atoms with Crippen molar-refractivity contribution >= 4 is 11.9 Å². The van der Waals surface area contributed by atoms with Crippen LogP contribution < -0.4 is 5.32 Å². The molecule has 0 heterocycles. The molecule has 6 heteroatoms. The number of nitrogens with one attached hydrogen (secondary N) is 1. The predicted molar refractivity (Wildman–Crippen MR) is 324 cm³/mol. The van der Waals surface area contributed by atoms with Crippen LogP contribution in [0.1, 0.15) is 373 Å². The minimum atomic E-state index is -0.671. The molecule has 0 radical (unpaired) electrons. The summed E-state index contributed by atoms with van der Waals surface area (Å²) in [6.07, 6.45) is 79.1. The van der Waals surface area contributed by atoms with Gasteiger partial charge in [0.1, 0.15) is 0 Å². The summed E-state index contributed by atoms with van der Waals surface area (Å²) in [5.74, 6) is -0.0391. The number of amides is 1. The van der Waals surface area contributed by atoms with Crippen LogP contribution in [0.4, 0.5) is 0 Å². The molecule has 2 unspecified atom stereocenters. The predicted octanol–water partition coefficient (Wildman–Crippen LogP) is 21.4. The molecule has 0 aliphatic carbocycles. The molecule has 1 amide bonds. The molecule has 0 bridgehead atoms. The fourth-order valence-electron chi connectivity index (χ4n) is 10.6. The molecule has 438 valence electrons. The molecule has 0 saturated heterocycles. The van der Waals surface area contributed by atoms with Crippen molar-refractivity contribution in [1.82, 2.24) is 5.32 Å². The zero-order valence-corrected chi connectivity index (χ0v) is 50.1. The maximum absolute atomic E-state index is 12.5. The van der Waals surface area contributed by atoms with Crippen LogP contribution in [0.3, 0.4) is 0 Å². The Morgan fingerprint density at radius 2 is 0.635 bits per heavy atom. The van der Waals surface area contributed by atoms with Gasteiger partial charge < -0.3 is 20.3 Å². The number of ether oxygens (including phenoxy) is 1. The summed E-state index contributed by atoms with van der Waals surface area (Å²) in [5.41, 5.74) is 0. The van der Waals surface area contributed by atoms with Gasteiger partial charge in [0, 0.05) is 12.8 Å². The molecule has 6 nitrogen and oxygen atoms in total. The van der Waals surface area contributed by atoms with Crippen LogP contribution in [0.25, 0.3) is 0 Å². The monoisotopic (exact) mass is 1040 g/mol. The molecule has 3 N–H and O–H groups in total. The fraction of sp³-hybridized carbons (Fsp3) is 0.912. The van der Waals surface area contributed by atoms with Crippen molar-refractivity contribution in [2.24, 2.45) is 0 Å². The number of unbranched alkanes of at least 4 members (excludes halogenated alkanes) is 48. The van der Waals surface area contributed by atoms with Gasteiger partial charge in [0.05, 0.1) is 25.4 Å². The van der Waals surface area contributed by atoms with Crippen LogP contribution in [0.15, 0.2) is 24.3 Å². The molecule has 0 rings (SSSR count). The van der Waals surface area contributed by atoms with Crippen LogP contribution in [0.2, 0.25) is 0 Å². The highest BCUT2D eigenvalue weighted by atomic mass is 16.5. The second-order valence-corrected chi connectivity index (χ2v) is 23.1. The van der Waals surface area contributed by atoms with Crippen molar-refractivity contribution in [2.75, 3.05) is 13.2 Å². The van der Waals surface area contributed by atoms with Gasteiger partial charge in [-0.05, 0) is 77.0 Å². The normalized spacial score (nSPS) is 12.6. The second kappa shape index (κ2) is 63.9. The quantitative estimate of drug-likeness (QED) is 0.0320. The van der Waals surface area contributed by atoms with Gasteiger partial charge in [0.25, 0.3) is 0 Å². The lowest BCUT2D eigenvalue weighted by atomic mass is 10.0. The summed E-state index contributed by atoms with van der Waals surface area (Å²) in [6, 6.07) is -0.550. The Labute approximate surface area is 462 Å². The maximum Gasteiger partial charge on any atom is 0.305 e. The number of rotatable bonds is 63. The first-order valence-corrected chi connectivity index (χ1v) is 33.6. The Kier molecular flexibility index (Phi) is 62.4. The number of aliphatic hydroxyl groups is 2. The molecule has 0 aromatic heterocycles. The third-order valence-electron chi connectivity index (χ3n) is 15.7. The highest BCUT2D eigenvalue weighted by molar-refractivity contribution is 5.76. The van der Waals surface area contributed by atoms with Gasteiger partial charge in [0.2, 0.25) is 5.91 Å². The Hall–Kier alpha value is -1.66. The zero-order valence-electron chi connectivity index (χ0n) is 50.1. The molecule has 0 aliphatic rings. The number of hydrogen-bond acceptors (Lipinski definition) is 5. The maximum atomic E-state index is 12.5. The topological polar surface area (TPSA) is 95.9 Å². The summed E-state index contributed by atoms with van der Waals surface area (Å²) in [4.78, 5) is 24.6. The average Bonchev–Trinajstić information content (AvgIpc) is 3.40. The van der Waals surface area contributed by atoms with E-state index < -0.39 is 12.1 Å². The molecule has 0 fully saturated rings. The molecule has 0 aliphatic heterocycles. The van der Waals surface area contributed by atoms with Gasteiger partial charge in [0.15, 0.2) is 0 Å². The molecule has 0 aromatic carbocycles. The van der Waals surface area contributed by atoms with Gasteiger partial charge in [-0.25, -0.2) is 0 Å². The Balaban J connectivity index is 3.42. The number of allylic oxidation sites excluding steroid dienone is 4. The lowest BCUT2D eigenvalue weighted by Crippen LogP contribution is -2.45. The van der Waals surface area contributed by atoms with Crippen molar-refractivity contribution in [1.29, 1.82) is 0 Å². The third kappa shape index (κ3) is 59.6. The van der Waals surface area contributed by atoms with Gasteiger partial charge in [-0.3, -0.25) is 9.59 Å². The minimum Gasteiger partial charge on any atom is -0.466 e. The summed E-state index contributed by atoms with van der Waals surface area (Å²) < 4.78 is 5.49. The van der Waals surface area contributed by atoms with E-state index in [0.29, 0.717) is 25.9 Å². The van der Waals surface area contributed by atoms with E-state index in [0.717, 1.165) is 44.9 Å². The highest BCUT2D eigenvalue weighted by Crippen LogP contribution is 2.18. The van der Waals surface area contributed by atoms with Crippen LogP contribution in [-0.4, -0.2) is 47.4 Å². The van der Waals surface area contributed by atoms with Crippen molar-refractivity contribution in [3.8, 4) is 0 Å². The first-order chi connectivity index (χ1) is 36.5. The van der Waals surface area contributed by atoms with Crippen molar-refractivity contribution in [2.45, 2.75) is 386 Å². The smallest absolute Gasteiger partial charge is 0.305 e. The van der Waals surface area contributed by atoms with E-state index in [2.05, 4.69) is 43.5 Å². The van der Waals surface area contributed by atoms with E-state index in [1.165, 1.54) is 295 Å². The summed E-state index contributed by atoms with van der Waals surface area (Å²) in [5, 5.41) is 23.4. The first-order valence-electron chi connectivity index (χ1n) is 33.6. The van der Waals surface area contributed by atoms with E-state index in [9.17, 15) is 19.8 Å². The number of esters is 1. The summed E-state index contributed by atoms with van der Waals surface area (Å²) in [6.45, 7) is 4.97. The van der Waals surface area contributed by atoms with E-state index >= 15 is 0 Å².